The minimum Gasteiger partial charge on any atom is -0.497 e. The first-order chi connectivity index (χ1) is 18.2. The number of carbonyl (C=O) groups excluding carboxylic acids is 1. The van der Waals surface area contributed by atoms with E-state index in [2.05, 4.69) is 46.0 Å². The zero-order valence-electron chi connectivity index (χ0n) is 21.2. The van der Waals surface area contributed by atoms with Gasteiger partial charge < -0.3 is 14.7 Å². The van der Waals surface area contributed by atoms with Gasteiger partial charge in [0.25, 0.3) is 0 Å². The van der Waals surface area contributed by atoms with Gasteiger partial charge in [0, 0.05) is 54.6 Å². The van der Waals surface area contributed by atoms with E-state index < -0.39 is 0 Å². The molecular weight excluding hydrogens is 462 g/mol. The van der Waals surface area contributed by atoms with Crippen molar-refractivity contribution in [2.45, 2.75) is 37.3 Å². The Kier molecular flexibility index (Phi) is 7.84. The number of aromatic nitrogens is 1. The molecule has 1 amide bonds. The number of ether oxygens (including phenoxy) is 1. The number of pyridine rings is 1. The molecule has 1 N–H and O–H groups in total. The molecular formula is C31H33N3O3. The van der Waals surface area contributed by atoms with Crippen molar-refractivity contribution >= 4 is 5.91 Å². The number of hydrogen-bond acceptors (Lipinski definition) is 5. The molecule has 3 aromatic rings. The number of aliphatic hydroxyl groups is 1. The van der Waals surface area contributed by atoms with Crippen LogP contribution in [-0.2, 0) is 11.2 Å². The van der Waals surface area contributed by atoms with Crippen LogP contribution >= 0.6 is 0 Å². The molecule has 6 heteroatoms. The topological polar surface area (TPSA) is 65.9 Å². The zero-order valence-corrected chi connectivity index (χ0v) is 21.2. The highest BCUT2D eigenvalue weighted by atomic mass is 16.5. The molecule has 6 nitrogen and oxygen atoms in total. The van der Waals surface area contributed by atoms with Crippen molar-refractivity contribution in [3.63, 3.8) is 0 Å². The number of benzene rings is 2. The Labute approximate surface area is 218 Å². The van der Waals surface area contributed by atoms with Crippen LogP contribution < -0.4 is 4.74 Å². The molecule has 2 saturated heterocycles. The van der Waals surface area contributed by atoms with Gasteiger partial charge >= 0.3 is 0 Å². The molecule has 190 valence electrons. The summed E-state index contributed by atoms with van der Waals surface area (Å²) >= 11 is 0. The lowest BCUT2D eigenvalue weighted by molar-refractivity contribution is -0.135. The van der Waals surface area contributed by atoms with E-state index in [1.807, 2.05) is 41.3 Å². The maximum atomic E-state index is 13.2. The van der Waals surface area contributed by atoms with Crippen molar-refractivity contribution in [3.05, 3.63) is 95.3 Å². The lowest BCUT2D eigenvalue weighted by atomic mass is 9.74. The lowest BCUT2D eigenvalue weighted by Crippen LogP contribution is -2.68. The molecule has 0 unspecified atom stereocenters. The predicted molar refractivity (Wildman–Crippen MR) is 143 cm³/mol. The predicted octanol–water partition coefficient (Wildman–Crippen LogP) is 3.48. The van der Waals surface area contributed by atoms with E-state index in [-0.39, 0.29) is 30.5 Å². The van der Waals surface area contributed by atoms with E-state index in [1.165, 1.54) is 5.56 Å². The van der Waals surface area contributed by atoms with Crippen LogP contribution in [0.5, 0.6) is 5.75 Å². The Morgan fingerprint density at radius 3 is 2.27 bits per heavy atom. The summed E-state index contributed by atoms with van der Waals surface area (Å²) in [6.07, 6.45) is 5.87. The second kappa shape index (κ2) is 11.6. The number of rotatable bonds is 5. The summed E-state index contributed by atoms with van der Waals surface area (Å²) in [5, 5.41) is 10.2. The normalized spacial score (nSPS) is 21.5. The highest BCUT2D eigenvalue weighted by Crippen LogP contribution is 2.42. The minimum atomic E-state index is 0.0801. The molecule has 3 atom stereocenters. The molecule has 37 heavy (non-hydrogen) atoms. The lowest BCUT2D eigenvalue weighted by Gasteiger charge is -2.57. The molecule has 0 radical (unpaired) electrons. The molecule has 1 aromatic heterocycles. The zero-order chi connectivity index (χ0) is 25.6. The number of nitrogens with zero attached hydrogens (tertiary/aromatic N) is 3. The third kappa shape index (κ3) is 5.69. The van der Waals surface area contributed by atoms with Gasteiger partial charge in [-0.2, -0.15) is 0 Å². The summed E-state index contributed by atoms with van der Waals surface area (Å²) in [5.74, 6) is 7.60. The summed E-state index contributed by atoms with van der Waals surface area (Å²) in [7, 11) is 1.65. The molecule has 5 rings (SSSR count). The van der Waals surface area contributed by atoms with E-state index >= 15 is 0 Å². The molecule has 0 spiro atoms. The smallest absolute Gasteiger partial charge is 0.227 e. The van der Waals surface area contributed by atoms with Crippen molar-refractivity contribution in [2.75, 3.05) is 33.4 Å². The maximum Gasteiger partial charge on any atom is 0.227 e. The fourth-order valence-corrected chi connectivity index (χ4v) is 5.56. The number of carbonyl (C=O) groups is 1. The molecule has 2 aliphatic heterocycles. The van der Waals surface area contributed by atoms with Gasteiger partial charge in [0.05, 0.1) is 20.1 Å². The molecule has 2 aliphatic rings. The third-order valence-electron chi connectivity index (χ3n) is 7.56. The van der Waals surface area contributed by atoms with Crippen molar-refractivity contribution in [1.29, 1.82) is 0 Å². The molecule has 3 heterocycles. The SMILES string of the molecule is COc1ccc(C#Cc2ccc([C@@H]3[C@@H](CO)N4CCCCN(C(=O)Cc5ccncc5)C[C@@H]34)cc2)cc1. The van der Waals surface area contributed by atoms with Crippen molar-refractivity contribution in [3.8, 4) is 17.6 Å². The Hall–Kier alpha value is -3.66. The standard InChI is InChI=1S/C31H33N3O3/c1-37-27-12-8-24(9-13-27)5-4-23-6-10-26(11-7-23)31-28-21-33(18-2-3-19-34(28)29(31)22-35)30(36)20-25-14-16-32-17-15-25/h6-17,28-29,31,35H,2-3,18-22H2,1H3/t28-,29+,31-/m0/s1. The van der Waals surface area contributed by atoms with Gasteiger partial charge in [0.1, 0.15) is 5.75 Å². The molecule has 0 saturated carbocycles. The van der Waals surface area contributed by atoms with Gasteiger partial charge in [-0.1, -0.05) is 24.0 Å². The van der Waals surface area contributed by atoms with E-state index in [0.717, 1.165) is 48.4 Å². The van der Waals surface area contributed by atoms with Crippen LogP contribution in [0.25, 0.3) is 0 Å². The summed E-state index contributed by atoms with van der Waals surface area (Å²) < 4.78 is 5.21. The second-order valence-electron chi connectivity index (χ2n) is 9.76. The Morgan fingerprint density at radius 1 is 0.973 bits per heavy atom. The highest BCUT2D eigenvalue weighted by molar-refractivity contribution is 5.78. The van der Waals surface area contributed by atoms with Crippen LogP contribution in [0.1, 0.15) is 41.0 Å². The van der Waals surface area contributed by atoms with Crippen LogP contribution in [0, 0.1) is 11.8 Å². The largest absolute Gasteiger partial charge is 0.497 e. The van der Waals surface area contributed by atoms with Crippen LogP contribution in [0.3, 0.4) is 0 Å². The van der Waals surface area contributed by atoms with Gasteiger partial charge in [-0.15, -0.1) is 0 Å². The van der Waals surface area contributed by atoms with Crippen molar-refractivity contribution < 1.29 is 14.6 Å². The van der Waals surface area contributed by atoms with Crippen molar-refractivity contribution in [2.24, 2.45) is 0 Å². The number of fused-ring (bicyclic) bond motifs is 1. The number of aliphatic hydroxyl groups excluding tert-OH is 1. The molecule has 0 aliphatic carbocycles. The van der Waals surface area contributed by atoms with Gasteiger partial charge in [-0.05, 0) is 79.0 Å². The summed E-state index contributed by atoms with van der Waals surface area (Å²) in [4.78, 5) is 21.7. The van der Waals surface area contributed by atoms with Gasteiger partial charge in [-0.3, -0.25) is 14.7 Å². The van der Waals surface area contributed by atoms with Gasteiger partial charge in [0.15, 0.2) is 0 Å². The number of methoxy groups -OCH3 is 1. The fourth-order valence-electron chi connectivity index (χ4n) is 5.56. The fraction of sp³-hybridized carbons (Fsp3) is 0.355. The average Bonchev–Trinajstić information content (AvgIpc) is 2.92. The van der Waals surface area contributed by atoms with Crippen LogP contribution in [0.4, 0.5) is 0 Å². The van der Waals surface area contributed by atoms with E-state index in [9.17, 15) is 9.90 Å². The van der Waals surface area contributed by atoms with E-state index in [4.69, 9.17) is 4.74 Å². The van der Waals surface area contributed by atoms with Crippen LogP contribution in [0.2, 0.25) is 0 Å². The first-order valence-electron chi connectivity index (χ1n) is 13.0. The molecule has 2 aromatic carbocycles. The first-order valence-corrected chi connectivity index (χ1v) is 13.0. The third-order valence-corrected chi connectivity index (χ3v) is 7.56. The van der Waals surface area contributed by atoms with Gasteiger partial charge in [0.2, 0.25) is 5.91 Å². The summed E-state index contributed by atoms with van der Waals surface area (Å²) in [6, 6.07) is 20.2. The Bertz CT molecular complexity index is 1250. The first kappa shape index (κ1) is 25.0. The Morgan fingerprint density at radius 2 is 1.62 bits per heavy atom. The number of hydrogen-bond donors (Lipinski definition) is 1. The summed E-state index contributed by atoms with van der Waals surface area (Å²) in [5.41, 5.74) is 4.06. The quantitative estimate of drug-likeness (QED) is 0.549. The average molecular weight is 496 g/mol. The van der Waals surface area contributed by atoms with Crippen LogP contribution in [-0.4, -0.2) is 71.2 Å². The van der Waals surface area contributed by atoms with E-state index in [0.29, 0.717) is 13.0 Å². The Balaban J connectivity index is 1.30. The van der Waals surface area contributed by atoms with Gasteiger partial charge in [-0.25, -0.2) is 0 Å². The minimum absolute atomic E-state index is 0.0801. The van der Waals surface area contributed by atoms with E-state index in [1.54, 1.807) is 19.5 Å². The highest BCUT2D eigenvalue weighted by Gasteiger charge is 2.49. The summed E-state index contributed by atoms with van der Waals surface area (Å²) in [6.45, 7) is 2.55. The second-order valence-corrected chi connectivity index (χ2v) is 9.76. The maximum absolute atomic E-state index is 13.2. The molecule has 2 fully saturated rings. The van der Waals surface area contributed by atoms with Crippen LogP contribution in [0.15, 0.2) is 73.1 Å². The monoisotopic (exact) mass is 495 g/mol. The number of amides is 1. The molecule has 0 bridgehead atoms. The van der Waals surface area contributed by atoms with Crippen molar-refractivity contribution in [1.82, 2.24) is 14.8 Å².